The molecule has 0 aliphatic rings. The molecule has 0 spiro atoms. The van der Waals surface area contributed by atoms with Gasteiger partial charge in [-0.1, -0.05) is 11.6 Å². The van der Waals surface area contributed by atoms with Gasteiger partial charge < -0.3 is 0 Å². The Hall–Kier alpha value is -1.33. The van der Waals surface area contributed by atoms with Crippen LogP contribution in [0.1, 0.15) is 28.8 Å². The van der Waals surface area contributed by atoms with Crippen molar-refractivity contribution in [2.75, 3.05) is 0 Å². The Kier molecular flexibility index (Phi) is 3.05. The zero-order valence-electron chi connectivity index (χ0n) is 7.12. The monoisotopic (exact) mass is 193 g/mol. The van der Waals surface area contributed by atoms with Gasteiger partial charge in [-0.05, 0) is 30.7 Å². The lowest BCUT2D eigenvalue weighted by molar-refractivity contribution is 0.112. The van der Waals surface area contributed by atoms with E-state index in [4.69, 9.17) is 16.9 Å². The molecule has 1 aromatic carbocycles. The van der Waals surface area contributed by atoms with Gasteiger partial charge in [0, 0.05) is 10.6 Å². The van der Waals surface area contributed by atoms with Gasteiger partial charge in [0.15, 0.2) is 0 Å². The minimum absolute atomic E-state index is 0.239. The standard InChI is InChI=1S/C10H8ClNO/c1-7(5-12)9-2-8(6-13)3-10(11)4-9/h2-4,6-7H,1H3/t7-/m0/s1. The van der Waals surface area contributed by atoms with E-state index in [2.05, 4.69) is 6.07 Å². The summed E-state index contributed by atoms with van der Waals surface area (Å²) in [7, 11) is 0. The summed E-state index contributed by atoms with van der Waals surface area (Å²) in [6.07, 6.45) is 0.722. The smallest absolute Gasteiger partial charge is 0.150 e. The first kappa shape index (κ1) is 9.76. The van der Waals surface area contributed by atoms with E-state index in [9.17, 15) is 4.79 Å². The summed E-state index contributed by atoms with van der Waals surface area (Å²) < 4.78 is 0. The summed E-state index contributed by atoms with van der Waals surface area (Å²) in [5.41, 5.74) is 1.28. The predicted octanol–water partition coefficient (Wildman–Crippen LogP) is 2.78. The molecule has 2 nitrogen and oxygen atoms in total. The molecule has 13 heavy (non-hydrogen) atoms. The van der Waals surface area contributed by atoms with Crippen molar-refractivity contribution in [1.82, 2.24) is 0 Å². The molecule has 1 aromatic rings. The summed E-state index contributed by atoms with van der Waals surface area (Å²) in [5.74, 6) is -0.239. The summed E-state index contributed by atoms with van der Waals surface area (Å²) in [5, 5.41) is 9.15. The molecule has 0 unspecified atom stereocenters. The van der Waals surface area contributed by atoms with Gasteiger partial charge in [0.05, 0.1) is 12.0 Å². The number of rotatable bonds is 2. The van der Waals surface area contributed by atoms with E-state index in [0.717, 1.165) is 11.8 Å². The number of nitrogens with zero attached hydrogens (tertiary/aromatic N) is 1. The van der Waals surface area contributed by atoms with E-state index in [1.165, 1.54) is 0 Å². The van der Waals surface area contributed by atoms with E-state index in [0.29, 0.717) is 10.6 Å². The summed E-state index contributed by atoms with van der Waals surface area (Å²) >= 11 is 5.76. The van der Waals surface area contributed by atoms with E-state index < -0.39 is 0 Å². The van der Waals surface area contributed by atoms with Gasteiger partial charge >= 0.3 is 0 Å². The van der Waals surface area contributed by atoms with Crippen molar-refractivity contribution < 1.29 is 4.79 Å². The second-order valence-corrected chi connectivity index (χ2v) is 3.22. The van der Waals surface area contributed by atoms with Gasteiger partial charge in [0.25, 0.3) is 0 Å². The lowest BCUT2D eigenvalue weighted by Gasteiger charge is -2.03. The summed E-state index contributed by atoms with van der Waals surface area (Å²) in [6.45, 7) is 1.76. The van der Waals surface area contributed by atoms with Gasteiger partial charge in [0.2, 0.25) is 0 Å². The number of hydrogen-bond acceptors (Lipinski definition) is 2. The fourth-order valence-electron chi connectivity index (χ4n) is 1.03. The zero-order valence-corrected chi connectivity index (χ0v) is 7.88. The summed E-state index contributed by atoms with van der Waals surface area (Å²) in [4.78, 5) is 10.5. The SMILES string of the molecule is C[C@@H](C#N)c1cc(Cl)cc(C=O)c1. The Balaban J connectivity index is 3.17. The zero-order chi connectivity index (χ0) is 9.84. The van der Waals surface area contributed by atoms with E-state index in [1.54, 1.807) is 25.1 Å². The van der Waals surface area contributed by atoms with Gasteiger partial charge in [-0.3, -0.25) is 4.79 Å². The molecule has 0 bridgehead atoms. The minimum atomic E-state index is -0.239. The number of aldehydes is 1. The van der Waals surface area contributed by atoms with Crippen LogP contribution in [-0.4, -0.2) is 6.29 Å². The molecule has 0 radical (unpaired) electrons. The summed E-state index contributed by atoms with van der Waals surface area (Å²) in [6, 6.07) is 7.03. The maximum absolute atomic E-state index is 10.5. The highest BCUT2D eigenvalue weighted by Gasteiger charge is 2.05. The third kappa shape index (κ3) is 2.30. The molecule has 1 atom stereocenters. The lowest BCUT2D eigenvalue weighted by Crippen LogP contribution is -1.91. The van der Waals surface area contributed by atoms with Crippen LogP contribution in [0.2, 0.25) is 5.02 Å². The second kappa shape index (κ2) is 4.06. The average Bonchev–Trinajstić information content (AvgIpc) is 2.15. The van der Waals surface area contributed by atoms with Crippen molar-refractivity contribution in [2.24, 2.45) is 0 Å². The Morgan fingerprint density at radius 3 is 2.77 bits per heavy atom. The molecule has 0 amide bonds. The molecule has 0 fully saturated rings. The fourth-order valence-corrected chi connectivity index (χ4v) is 1.28. The molecule has 0 aliphatic heterocycles. The first-order chi connectivity index (χ1) is 6.17. The highest BCUT2D eigenvalue weighted by molar-refractivity contribution is 6.30. The molecule has 0 heterocycles. The van der Waals surface area contributed by atoms with Crippen molar-refractivity contribution in [3.8, 4) is 6.07 Å². The average molecular weight is 194 g/mol. The first-order valence-electron chi connectivity index (χ1n) is 3.82. The van der Waals surface area contributed by atoms with Crippen LogP contribution in [-0.2, 0) is 0 Å². The van der Waals surface area contributed by atoms with Crippen LogP contribution in [0.25, 0.3) is 0 Å². The molecule has 0 N–H and O–H groups in total. The predicted molar refractivity (Wildman–Crippen MR) is 50.9 cm³/mol. The van der Waals surface area contributed by atoms with Gasteiger partial charge in [0.1, 0.15) is 6.29 Å². The normalized spacial score (nSPS) is 11.8. The van der Waals surface area contributed by atoms with Crippen LogP contribution in [0.3, 0.4) is 0 Å². The molecule has 0 saturated carbocycles. The number of carbonyl (C=O) groups excluding carboxylic acids is 1. The molecular formula is C10H8ClNO. The van der Waals surface area contributed by atoms with Crippen molar-refractivity contribution in [3.05, 3.63) is 34.3 Å². The number of hydrogen-bond donors (Lipinski definition) is 0. The topological polar surface area (TPSA) is 40.9 Å². The number of nitriles is 1. The van der Waals surface area contributed by atoms with E-state index in [1.807, 2.05) is 0 Å². The van der Waals surface area contributed by atoms with Crippen molar-refractivity contribution in [3.63, 3.8) is 0 Å². The van der Waals surface area contributed by atoms with Crippen LogP contribution in [0.15, 0.2) is 18.2 Å². The van der Waals surface area contributed by atoms with Crippen molar-refractivity contribution >= 4 is 17.9 Å². The highest BCUT2D eigenvalue weighted by Crippen LogP contribution is 2.20. The maximum atomic E-state index is 10.5. The molecule has 66 valence electrons. The van der Waals surface area contributed by atoms with Gasteiger partial charge in [-0.15, -0.1) is 0 Å². The number of halogens is 1. The molecule has 0 aliphatic carbocycles. The van der Waals surface area contributed by atoms with Crippen LogP contribution >= 0.6 is 11.6 Å². The van der Waals surface area contributed by atoms with Crippen LogP contribution < -0.4 is 0 Å². The molecule has 1 rings (SSSR count). The first-order valence-corrected chi connectivity index (χ1v) is 4.20. The van der Waals surface area contributed by atoms with Crippen molar-refractivity contribution in [2.45, 2.75) is 12.8 Å². The number of benzene rings is 1. The molecule has 3 heteroatoms. The Labute approximate surface area is 81.7 Å². The Bertz CT molecular complexity index is 368. The second-order valence-electron chi connectivity index (χ2n) is 2.79. The third-order valence-corrected chi connectivity index (χ3v) is 1.99. The fraction of sp³-hybridized carbons (Fsp3) is 0.200. The van der Waals surface area contributed by atoms with E-state index >= 15 is 0 Å². The molecular weight excluding hydrogens is 186 g/mol. The highest BCUT2D eigenvalue weighted by atomic mass is 35.5. The Morgan fingerprint density at radius 1 is 1.54 bits per heavy atom. The quantitative estimate of drug-likeness (QED) is 0.678. The third-order valence-electron chi connectivity index (χ3n) is 1.77. The van der Waals surface area contributed by atoms with Gasteiger partial charge in [-0.2, -0.15) is 5.26 Å². The van der Waals surface area contributed by atoms with Crippen molar-refractivity contribution in [1.29, 1.82) is 5.26 Å². The maximum Gasteiger partial charge on any atom is 0.150 e. The van der Waals surface area contributed by atoms with Crippen LogP contribution in [0.5, 0.6) is 0 Å². The Morgan fingerprint density at radius 2 is 2.23 bits per heavy atom. The molecule has 0 aromatic heterocycles. The van der Waals surface area contributed by atoms with Crippen LogP contribution in [0, 0.1) is 11.3 Å². The minimum Gasteiger partial charge on any atom is -0.298 e. The lowest BCUT2D eigenvalue weighted by atomic mass is 10.0. The van der Waals surface area contributed by atoms with E-state index in [-0.39, 0.29) is 5.92 Å². The van der Waals surface area contributed by atoms with Crippen LogP contribution in [0.4, 0.5) is 0 Å². The van der Waals surface area contributed by atoms with Gasteiger partial charge in [-0.25, -0.2) is 0 Å². The number of carbonyl (C=O) groups is 1. The molecule has 0 saturated heterocycles. The largest absolute Gasteiger partial charge is 0.298 e.